The Balaban J connectivity index is 0.00000406. The minimum Gasteiger partial charge on any atom is -1.00 e. The predicted octanol–water partition coefficient (Wildman–Crippen LogP) is 11.2. The molecule has 0 bridgehead atoms. The van der Waals surface area contributed by atoms with E-state index in [0.29, 0.717) is 25.7 Å². The van der Waals surface area contributed by atoms with Gasteiger partial charge >= 0.3 is 66.0 Å². The molecule has 3 aliphatic rings. The first-order valence-electron chi connectivity index (χ1n) is 21.4. The minimum absolute atomic E-state index is 0. The van der Waals surface area contributed by atoms with E-state index < -0.39 is 8.60 Å². The smallest absolute Gasteiger partial charge is 1.00 e. The van der Waals surface area contributed by atoms with E-state index in [2.05, 4.69) is 71.0 Å². The van der Waals surface area contributed by atoms with Gasteiger partial charge in [-0.25, -0.2) is 0 Å². The number of aryl methyl sites for hydroxylation is 2. The van der Waals surface area contributed by atoms with E-state index in [0.717, 1.165) is 67.6 Å². The van der Waals surface area contributed by atoms with Gasteiger partial charge in [0.05, 0.1) is 0 Å². The van der Waals surface area contributed by atoms with Crippen LogP contribution in [0.5, 0.6) is 11.5 Å². The molecule has 0 spiro atoms. The monoisotopic (exact) mass is 784 g/mol. The maximum absolute atomic E-state index is 13.5. The van der Waals surface area contributed by atoms with E-state index in [-0.39, 0.29) is 81.8 Å². The summed E-state index contributed by atoms with van der Waals surface area (Å²) >= 11 is 0. The SMILES string of the molecule is CCCCCCCC/C=C\CCC(=O)CCCCC(=O)OP1Oc2c(cc(C)cc2C2(C)CCCCC2)Cc2cc(C)cc(C3(C)CCCCC3)c2O1.[H-].[K+]. The van der Waals surface area contributed by atoms with Gasteiger partial charge in [-0.05, 0) is 93.6 Å². The van der Waals surface area contributed by atoms with E-state index in [1.54, 1.807) is 0 Å². The summed E-state index contributed by atoms with van der Waals surface area (Å²) < 4.78 is 19.9. The number of ketones is 1. The second kappa shape index (κ2) is 22.8. The Bertz CT molecular complexity index is 1460. The van der Waals surface area contributed by atoms with E-state index in [4.69, 9.17) is 13.6 Å². The number of hydrogen-bond acceptors (Lipinski definition) is 5. The number of hydrogen-bond donors (Lipinski definition) is 0. The third-order valence-electron chi connectivity index (χ3n) is 12.3. The molecule has 5 nitrogen and oxygen atoms in total. The van der Waals surface area contributed by atoms with Crippen molar-refractivity contribution in [3.8, 4) is 11.5 Å². The molecule has 54 heavy (non-hydrogen) atoms. The van der Waals surface area contributed by atoms with Crippen LogP contribution in [-0.2, 0) is 31.4 Å². The fourth-order valence-electron chi connectivity index (χ4n) is 9.05. The number of rotatable bonds is 18. The summed E-state index contributed by atoms with van der Waals surface area (Å²) in [5, 5.41) is 0. The second-order valence-electron chi connectivity index (χ2n) is 17.2. The fraction of sp³-hybridized carbons (Fsp3) is 0.660. The van der Waals surface area contributed by atoms with E-state index >= 15 is 0 Å². The molecule has 0 saturated heterocycles. The quantitative estimate of drug-likeness (QED) is 0.0652. The second-order valence-corrected chi connectivity index (χ2v) is 18.2. The Hall–Kier alpha value is -1.01. The predicted molar refractivity (Wildman–Crippen MR) is 221 cm³/mol. The summed E-state index contributed by atoms with van der Waals surface area (Å²) in [6.45, 7) is 11.4. The van der Waals surface area contributed by atoms with Gasteiger partial charge in [-0.15, -0.1) is 0 Å². The van der Waals surface area contributed by atoms with Crippen LogP contribution in [-0.4, -0.2) is 11.8 Å². The Morgan fingerprint density at radius 2 is 1.19 bits per heavy atom. The number of unbranched alkanes of at least 4 members (excludes halogenated alkanes) is 7. The van der Waals surface area contributed by atoms with Crippen molar-refractivity contribution in [1.29, 1.82) is 0 Å². The molecule has 2 saturated carbocycles. The largest absolute Gasteiger partial charge is 1.00 e. The minimum atomic E-state index is -2.04. The van der Waals surface area contributed by atoms with Crippen LogP contribution in [0, 0.1) is 13.8 Å². The summed E-state index contributed by atoms with van der Waals surface area (Å²) in [6.07, 6.45) is 29.4. The molecule has 0 aromatic heterocycles. The molecule has 2 fully saturated rings. The van der Waals surface area contributed by atoms with E-state index in [1.165, 1.54) is 99.3 Å². The van der Waals surface area contributed by atoms with Crippen LogP contribution in [0.15, 0.2) is 36.4 Å². The van der Waals surface area contributed by atoms with Crippen LogP contribution in [0.4, 0.5) is 0 Å². The standard InChI is InChI=1S/C47H69O5P.K.H/c1-6-7-8-9-10-11-12-13-14-17-24-40(48)25-18-19-26-43(49)50-53-51-44-38(31-36(2)33-41(44)46(4)27-20-15-21-28-46)35-39-32-37(3)34-42(45(39)52-53)47(5)29-22-16-23-30-47;;/h13-14,31-34H,6-12,15-30,35H2,1-5H3;;/q;+1;-1/b14-13-;;. The Morgan fingerprint density at radius 1 is 0.685 bits per heavy atom. The molecular weight excluding hydrogens is 715 g/mol. The molecular formula is C47H70KO5P. The fourth-order valence-corrected chi connectivity index (χ4v) is 10.2. The van der Waals surface area contributed by atoms with Gasteiger partial charge in [0.25, 0.3) is 0 Å². The summed E-state index contributed by atoms with van der Waals surface area (Å²) in [5.41, 5.74) is 7.25. The molecule has 2 aromatic rings. The van der Waals surface area contributed by atoms with Crippen LogP contribution in [0.1, 0.15) is 203 Å². The number of carbonyl (C=O) groups is 2. The molecule has 2 aliphatic carbocycles. The van der Waals surface area contributed by atoms with Gasteiger partial charge in [-0.1, -0.05) is 139 Å². The molecule has 0 radical (unpaired) electrons. The molecule has 5 rings (SSSR count). The third kappa shape index (κ3) is 13.3. The molecule has 1 heterocycles. The average molecular weight is 785 g/mol. The summed E-state index contributed by atoms with van der Waals surface area (Å²) in [7, 11) is -2.04. The van der Waals surface area contributed by atoms with Crippen molar-refractivity contribution in [3.05, 3.63) is 69.8 Å². The van der Waals surface area contributed by atoms with Gasteiger partial charge in [0.15, 0.2) is 0 Å². The van der Waals surface area contributed by atoms with Crippen molar-refractivity contribution in [2.24, 2.45) is 0 Å². The van der Waals surface area contributed by atoms with Gasteiger partial charge in [-0.3, -0.25) is 9.59 Å². The summed E-state index contributed by atoms with van der Waals surface area (Å²) in [6, 6.07) is 9.13. The van der Waals surface area contributed by atoms with E-state index in [1.807, 2.05) is 0 Å². The molecule has 0 N–H and O–H groups in total. The van der Waals surface area contributed by atoms with Crippen LogP contribution >= 0.6 is 8.60 Å². The first-order valence-corrected chi connectivity index (χ1v) is 22.5. The zero-order chi connectivity index (χ0) is 37.7. The molecule has 294 valence electrons. The summed E-state index contributed by atoms with van der Waals surface area (Å²) in [4.78, 5) is 26.1. The van der Waals surface area contributed by atoms with Gasteiger partial charge in [0, 0.05) is 36.8 Å². The third-order valence-corrected chi connectivity index (χ3v) is 13.3. The number of carbonyl (C=O) groups excluding carboxylic acids is 2. The van der Waals surface area contributed by atoms with Crippen molar-refractivity contribution in [2.75, 3.05) is 0 Å². The number of benzene rings is 2. The van der Waals surface area contributed by atoms with Crippen molar-refractivity contribution >= 4 is 20.4 Å². The normalized spacial score (nSPS) is 17.9. The average Bonchev–Trinajstić information content (AvgIpc) is 3.12. The first-order chi connectivity index (χ1) is 25.6. The maximum atomic E-state index is 13.5. The molecule has 0 atom stereocenters. The number of fused-ring (bicyclic) bond motifs is 2. The van der Waals surface area contributed by atoms with Crippen molar-refractivity contribution in [1.82, 2.24) is 0 Å². The van der Waals surface area contributed by atoms with Crippen LogP contribution < -0.4 is 60.4 Å². The Labute approximate surface area is 373 Å². The zero-order valence-corrected chi connectivity index (χ0v) is 38.9. The van der Waals surface area contributed by atoms with Gasteiger partial charge in [0.1, 0.15) is 17.3 Å². The molecule has 2 aromatic carbocycles. The van der Waals surface area contributed by atoms with Gasteiger partial charge < -0.3 is 15.0 Å². The van der Waals surface area contributed by atoms with Gasteiger partial charge in [0.2, 0.25) is 0 Å². The maximum Gasteiger partial charge on any atom is 1.00 e. The van der Waals surface area contributed by atoms with Crippen molar-refractivity contribution < 1.29 is 76.0 Å². The van der Waals surface area contributed by atoms with Gasteiger partial charge in [-0.2, -0.15) is 0 Å². The Kier molecular flexibility index (Phi) is 19.3. The van der Waals surface area contributed by atoms with E-state index in [9.17, 15) is 9.59 Å². The number of Topliss-reactive ketones (excluding diaryl/α,β-unsaturated/α-hetero) is 1. The zero-order valence-electron chi connectivity index (χ0n) is 35.9. The van der Waals surface area contributed by atoms with Crippen LogP contribution in [0.25, 0.3) is 0 Å². The number of allylic oxidation sites excluding steroid dienone is 2. The molecule has 0 amide bonds. The Morgan fingerprint density at radius 3 is 1.74 bits per heavy atom. The molecule has 1 aliphatic heterocycles. The topological polar surface area (TPSA) is 61.8 Å². The van der Waals surface area contributed by atoms with Crippen LogP contribution in [0.3, 0.4) is 0 Å². The summed E-state index contributed by atoms with van der Waals surface area (Å²) in [5.74, 6) is 1.65. The molecule has 7 heteroatoms. The van der Waals surface area contributed by atoms with Crippen molar-refractivity contribution in [2.45, 2.75) is 200 Å². The first kappa shape index (κ1) is 45.7. The van der Waals surface area contributed by atoms with Crippen molar-refractivity contribution in [3.63, 3.8) is 0 Å². The molecule has 0 unspecified atom stereocenters. The van der Waals surface area contributed by atoms with Crippen LogP contribution in [0.2, 0.25) is 0 Å².